The molecule has 0 N–H and O–H groups in total. The summed E-state index contributed by atoms with van der Waals surface area (Å²) in [5.74, 6) is -0.0573. The van der Waals surface area contributed by atoms with E-state index in [4.69, 9.17) is 4.74 Å². The molecule has 2 bridgehead atoms. The number of nitrogens with zero attached hydrogens (tertiary/aromatic N) is 1. The number of carbonyl (C=O) groups excluding carboxylic acids is 2. The number of rotatable bonds is 3. The number of hydrogen-bond donors (Lipinski definition) is 0. The van der Waals surface area contributed by atoms with Crippen LogP contribution in [0.15, 0.2) is 115 Å². The van der Waals surface area contributed by atoms with Gasteiger partial charge in [0.25, 0.3) is 0 Å². The molecule has 5 aromatic rings. The molecule has 0 unspecified atom stereocenters. The summed E-state index contributed by atoms with van der Waals surface area (Å²) in [6.07, 6.45) is 0. The molecule has 4 nitrogen and oxygen atoms in total. The van der Waals surface area contributed by atoms with E-state index in [0.717, 1.165) is 38.8 Å². The largest absolute Gasteiger partial charge is 0.457 e. The molecule has 2 atom stereocenters. The van der Waals surface area contributed by atoms with Crippen LogP contribution in [0.4, 0.5) is 5.69 Å². The first-order valence-electron chi connectivity index (χ1n) is 13.1. The summed E-state index contributed by atoms with van der Waals surface area (Å²) in [6.45, 7) is 0. The molecule has 0 saturated carbocycles. The molecule has 9 rings (SSSR count). The van der Waals surface area contributed by atoms with Crippen LogP contribution in [0.2, 0.25) is 0 Å². The first kappa shape index (κ1) is 22.7. The third-order valence-corrected chi connectivity index (χ3v) is 9.93. The van der Waals surface area contributed by atoms with Gasteiger partial charge < -0.3 is 4.74 Å². The number of hydrogen-bond acceptors (Lipinski definition) is 3. The number of halogens is 1. The Balaban J connectivity index is 1.17. The van der Waals surface area contributed by atoms with Gasteiger partial charge in [0.05, 0.1) is 21.8 Å². The van der Waals surface area contributed by atoms with Gasteiger partial charge >= 0.3 is 0 Å². The lowest BCUT2D eigenvalue weighted by atomic mass is 9.55. The number of benzene rings is 5. The summed E-state index contributed by atoms with van der Waals surface area (Å²) in [4.78, 5) is 29.6. The summed E-state index contributed by atoms with van der Waals surface area (Å²) < 4.78 is 5.45. The molecule has 1 heterocycles. The summed E-state index contributed by atoms with van der Waals surface area (Å²) in [5.41, 5.74) is 4.97. The van der Waals surface area contributed by atoms with Crippen molar-refractivity contribution in [2.75, 3.05) is 4.90 Å². The highest BCUT2D eigenvalue weighted by Crippen LogP contribution is 2.66. The average molecular weight is 572 g/mol. The van der Waals surface area contributed by atoms with Crippen LogP contribution in [0.25, 0.3) is 10.8 Å². The van der Waals surface area contributed by atoms with Crippen LogP contribution in [0.3, 0.4) is 0 Å². The summed E-state index contributed by atoms with van der Waals surface area (Å²) >= 11 is 4.05. The molecule has 4 aliphatic rings. The minimum Gasteiger partial charge on any atom is -0.457 e. The van der Waals surface area contributed by atoms with Crippen molar-refractivity contribution in [1.82, 2.24) is 0 Å². The lowest BCUT2D eigenvalue weighted by Gasteiger charge is -2.51. The van der Waals surface area contributed by atoms with E-state index < -0.39 is 16.2 Å². The van der Waals surface area contributed by atoms with Crippen molar-refractivity contribution in [3.05, 3.63) is 138 Å². The normalized spacial score (nSPS) is 24.4. The first-order chi connectivity index (χ1) is 19.1. The fraction of sp³-hybridized carbons (Fsp3) is 0.118. The highest BCUT2D eigenvalue weighted by atomic mass is 79.9. The number of carbonyl (C=O) groups is 2. The predicted octanol–water partition coefficient (Wildman–Crippen LogP) is 7.54. The third kappa shape index (κ3) is 2.99. The molecule has 0 radical (unpaired) electrons. The molecular weight excluding hydrogens is 550 g/mol. The van der Waals surface area contributed by atoms with Gasteiger partial charge in [-0.15, -0.1) is 0 Å². The highest BCUT2D eigenvalue weighted by molar-refractivity contribution is 9.09. The minimum atomic E-state index is -0.751. The van der Waals surface area contributed by atoms with Crippen LogP contribution in [0.1, 0.15) is 28.2 Å². The highest BCUT2D eigenvalue weighted by Gasteiger charge is 2.67. The van der Waals surface area contributed by atoms with Crippen molar-refractivity contribution in [2.24, 2.45) is 11.8 Å². The molecule has 1 aliphatic heterocycles. The van der Waals surface area contributed by atoms with Crippen LogP contribution < -0.4 is 9.64 Å². The SMILES string of the molecule is O=C1[C@@H]2[C@@H](C(=O)N1c1ccc(Oc3cccc4ccccc34)cc1)C1c3ccccc3C2(Br)c2ccccc21. The first-order valence-corrected chi connectivity index (χ1v) is 13.9. The smallest absolute Gasteiger partial charge is 0.239 e. The number of ether oxygens (including phenoxy) is 1. The molecule has 0 aromatic heterocycles. The van der Waals surface area contributed by atoms with Crippen LogP contribution in [0.5, 0.6) is 11.5 Å². The zero-order valence-corrected chi connectivity index (χ0v) is 22.3. The molecule has 188 valence electrons. The van der Waals surface area contributed by atoms with Crippen LogP contribution in [0, 0.1) is 11.8 Å². The second-order valence-corrected chi connectivity index (χ2v) is 11.7. The third-order valence-electron chi connectivity index (χ3n) is 8.59. The van der Waals surface area contributed by atoms with Crippen LogP contribution in [-0.4, -0.2) is 11.8 Å². The molecule has 2 amide bonds. The quantitative estimate of drug-likeness (QED) is 0.166. The maximum atomic E-state index is 14.1. The number of amides is 2. The van der Waals surface area contributed by atoms with Gasteiger partial charge in [-0.1, -0.05) is 101 Å². The predicted molar refractivity (Wildman–Crippen MR) is 154 cm³/mol. The maximum absolute atomic E-state index is 14.1. The Morgan fingerprint density at radius 1 is 0.667 bits per heavy atom. The van der Waals surface area contributed by atoms with E-state index in [2.05, 4.69) is 52.3 Å². The summed E-state index contributed by atoms with van der Waals surface area (Å²) in [6, 6.07) is 37.7. The Bertz CT molecular complexity index is 1780. The zero-order valence-electron chi connectivity index (χ0n) is 20.8. The van der Waals surface area contributed by atoms with E-state index >= 15 is 0 Å². The minimum absolute atomic E-state index is 0.148. The average Bonchev–Trinajstić information content (AvgIpc) is 3.25. The molecule has 3 aliphatic carbocycles. The van der Waals surface area contributed by atoms with E-state index in [1.165, 1.54) is 4.90 Å². The van der Waals surface area contributed by atoms with E-state index in [-0.39, 0.29) is 17.7 Å². The van der Waals surface area contributed by atoms with Crippen LogP contribution >= 0.6 is 15.9 Å². The molecule has 1 saturated heterocycles. The van der Waals surface area contributed by atoms with Gasteiger partial charge in [-0.3, -0.25) is 9.59 Å². The van der Waals surface area contributed by atoms with Gasteiger partial charge in [-0.25, -0.2) is 4.90 Å². The molecular formula is C34H22BrNO3. The second kappa shape index (κ2) is 8.14. The lowest BCUT2D eigenvalue weighted by Crippen LogP contribution is -2.50. The van der Waals surface area contributed by atoms with Gasteiger partial charge in [0, 0.05) is 11.3 Å². The van der Waals surface area contributed by atoms with Crippen molar-refractivity contribution in [3.63, 3.8) is 0 Å². The maximum Gasteiger partial charge on any atom is 0.239 e. The molecule has 0 spiro atoms. The zero-order chi connectivity index (χ0) is 26.3. The van der Waals surface area contributed by atoms with Crippen molar-refractivity contribution < 1.29 is 14.3 Å². The number of imide groups is 1. The van der Waals surface area contributed by atoms with Crippen molar-refractivity contribution in [2.45, 2.75) is 10.2 Å². The Labute approximate surface area is 234 Å². The summed E-state index contributed by atoms with van der Waals surface area (Å²) in [5, 5.41) is 2.12. The van der Waals surface area contributed by atoms with E-state index in [0.29, 0.717) is 11.4 Å². The topological polar surface area (TPSA) is 46.6 Å². The van der Waals surface area contributed by atoms with Crippen molar-refractivity contribution in [1.29, 1.82) is 0 Å². The van der Waals surface area contributed by atoms with Crippen LogP contribution in [-0.2, 0) is 13.9 Å². The number of anilines is 1. The Morgan fingerprint density at radius 3 is 2.00 bits per heavy atom. The van der Waals surface area contributed by atoms with Crippen molar-refractivity contribution >= 4 is 44.2 Å². The van der Waals surface area contributed by atoms with E-state index in [1.807, 2.05) is 66.7 Å². The molecule has 1 fully saturated rings. The molecule has 5 heteroatoms. The molecule has 5 aromatic carbocycles. The second-order valence-electron chi connectivity index (χ2n) is 10.5. The van der Waals surface area contributed by atoms with Gasteiger partial charge in [-0.2, -0.15) is 0 Å². The monoisotopic (exact) mass is 571 g/mol. The van der Waals surface area contributed by atoms with Gasteiger partial charge in [-0.05, 0) is 58.0 Å². The lowest BCUT2D eigenvalue weighted by molar-refractivity contribution is -0.122. The molecule has 39 heavy (non-hydrogen) atoms. The Hall–Kier alpha value is -4.22. The fourth-order valence-corrected chi connectivity index (χ4v) is 8.21. The van der Waals surface area contributed by atoms with E-state index in [9.17, 15) is 9.59 Å². The Kier molecular flexibility index (Phi) is 4.74. The van der Waals surface area contributed by atoms with E-state index in [1.54, 1.807) is 12.1 Å². The van der Waals surface area contributed by atoms with Gasteiger partial charge in [0.2, 0.25) is 11.8 Å². The number of alkyl halides is 1. The number of fused-ring (bicyclic) bond motifs is 1. The van der Waals surface area contributed by atoms with Gasteiger partial charge in [0.15, 0.2) is 0 Å². The summed E-state index contributed by atoms with van der Waals surface area (Å²) in [7, 11) is 0. The fourth-order valence-electron chi connectivity index (χ4n) is 7.01. The standard InChI is InChI=1S/C34H22BrNO3/c35-34-26-13-5-3-11-24(26)29(25-12-4-6-14-27(25)34)30-31(34)33(38)36(32(30)37)21-16-18-22(19-17-21)39-28-15-7-9-20-8-1-2-10-23(20)28/h1-19,29-31H/t29?,30-,31-,34?/m0/s1. The van der Waals surface area contributed by atoms with Gasteiger partial charge in [0.1, 0.15) is 11.5 Å². The Morgan fingerprint density at radius 2 is 1.28 bits per heavy atom. The van der Waals surface area contributed by atoms with Crippen molar-refractivity contribution in [3.8, 4) is 11.5 Å².